The molecule has 3 unspecified atom stereocenters. The Bertz CT molecular complexity index is 437. The van der Waals surface area contributed by atoms with Gasteiger partial charge in [0, 0.05) is 35.3 Å². The fourth-order valence-corrected chi connectivity index (χ4v) is 5.67. The monoisotopic (exact) mass is 407 g/mol. The van der Waals surface area contributed by atoms with Gasteiger partial charge in [-0.05, 0) is 64.7 Å². The molecule has 0 amide bonds. The zero-order chi connectivity index (χ0) is 15.5. The topological polar surface area (TPSA) is 58.6 Å². The quantitative estimate of drug-likeness (QED) is 0.428. The molecule has 4 fully saturated rings. The Labute approximate surface area is 140 Å². The van der Waals surface area contributed by atoms with Gasteiger partial charge in [0.15, 0.2) is 0 Å². The molecule has 4 nitrogen and oxygen atoms in total. The molecule has 5 heteroatoms. The maximum Gasteiger partial charge on any atom is 0.313 e. The minimum Gasteiger partial charge on any atom is -0.458 e. The predicted molar refractivity (Wildman–Crippen MR) is 88.9 cm³/mol. The molecular formula is C16H26INO3. The highest BCUT2D eigenvalue weighted by Crippen LogP contribution is 2.59. The van der Waals surface area contributed by atoms with E-state index in [-0.39, 0.29) is 12.0 Å². The lowest BCUT2D eigenvalue weighted by atomic mass is 9.52. The number of carbonyl (C=O) groups excluding carboxylic acids is 1. The van der Waals surface area contributed by atoms with Crippen LogP contribution < -0.4 is 3.53 Å². The summed E-state index contributed by atoms with van der Waals surface area (Å²) < 4.78 is 9.18. The summed E-state index contributed by atoms with van der Waals surface area (Å²) in [7, 11) is 0. The predicted octanol–water partition coefficient (Wildman–Crippen LogP) is 2.97. The van der Waals surface area contributed by atoms with Gasteiger partial charge in [-0.1, -0.05) is 0 Å². The summed E-state index contributed by atoms with van der Waals surface area (Å²) in [6.45, 7) is 5.86. The molecule has 4 aliphatic carbocycles. The first-order valence-corrected chi connectivity index (χ1v) is 9.08. The van der Waals surface area contributed by atoms with E-state index in [1.807, 2.05) is 20.8 Å². The summed E-state index contributed by atoms with van der Waals surface area (Å²) in [4.78, 5) is 12.7. The van der Waals surface area contributed by atoms with Gasteiger partial charge in [-0.2, -0.15) is 0 Å². The normalized spacial score (nSPS) is 42.9. The van der Waals surface area contributed by atoms with Gasteiger partial charge in [0.2, 0.25) is 0 Å². The Morgan fingerprint density at radius 1 is 1.33 bits per heavy atom. The van der Waals surface area contributed by atoms with Crippen LogP contribution in [0.3, 0.4) is 0 Å². The summed E-state index contributed by atoms with van der Waals surface area (Å²) in [5, 5.41) is 10.7. The molecule has 4 bridgehead atoms. The minimum absolute atomic E-state index is 0.0441. The van der Waals surface area contributed by atoms with Crippen molar-refractivity contribution < 1.29 is 14.6 Å². The van der Waals surface area contributed by atoms with E-state index in [4.69, 9.17) is 4.74 Å². The molecule has 3 atom stereocenters. The van der Waals surface area contributed by atoms with Crippen LogP contribution in [0.25, 0.3) is 0 Å². The largest absolute Gasteiger partial charge is 0.458 e. The van der Waals surface area contributed by atoms with Gasteiger partial charge in [-0.25, -0.2) is 0 Å². The highest BCUT2D eigenvalue weighted by molar-refractivity contribution is 14.1. The zero-order valence-corrected chi connectivity index (χ0v) is 15.3. The fourth-order valence-electron chi connectivity index (χ4n) is 4.89. The fraction of sp³-hybridized carbons (Fsp3) is 0.938. The summed E-state index contributed by atoms with van der Waals surface area (Å²) >= 11 is 2.08. The molecule has 0 aliphatic heterocycles. The molecule has 0 aromatic rings. The Balaban J connectivity index is 1.77. The number of hydrogen-bond acceptors (Lipinski definition) is 4. The van der Waals surface area contributed by atoms with Crippen LogP contribution in [-0.2, 0) is 9.53 Å². The number of nitrogens with one attached hydrogen (secondary N) is 1. The van der Waals surface area contributed by atoms with Crippen LogP contribution >= 0.6 is 22.9 Å². The van der Waals surface area contributed by atoms with E-state index in [9.17, 15) is 9.90 Å². The van der Waals surface area contributed by atoms with Crippen LogP contribution in [-0.4, -0.2) is 28.3 Å². The van der Waals surface area contributed by atoms with Crippen molar-refractivity contribution in [3.05, 3.63) is 0 Å². The van der Waals surface area contributed by atoms with E-state index < -0.39 is 16.6 Å². The molecular weight excluding hydrogens is 381 g/mol. The third kappa shape index (κ3) is 2.74. The smallest absolute Gasteiger partial charge is 0.313 e. The Morgan fingerprint density at radius 3 is 2.38 bits per heavy atom. The van der Waals surface area contributed by atoms with Crippen molar-refractivity contribution >= 4 is 28.8 Å². The standard InChI is InChI=1S/C16H26INO3/c1-10(18-17)14(2,3)13(19)21-16-7-11-4-12(8-16)6-15(20,5-11)9-16/h10-12,18,20H,4-9H2,1-3H3. The van der Waals surface area contributed by atoms with Crippen molar-refractivity contribution in [1.82, 2.24) is 3.53 Å². The van der Waals surface area contributed by atoms with E-state index in [2.05, 4.69) is 26.4 Å². The average Bonchev–Trinajstić information content (AvgIpc) is 2.33. The van der Waals surface area contributed by atoms with Crippen molar-refractivity contribution in [2.75, 3.05) is 0 Å². The van der Waals surface area contributed by atoms with E-state index >= 15 is 0 Å². The molecule has 21 heavy (non-hydrogen) atoms. The summed E-state index contributed by atoms with van der Waals surface area (Å²) in [5.74, 6) is 0.935. The average molecular weight is 407 g/mol. The van der Waals surface area contributed by atoms with Crippen LogP contribution in [0, 0.1) is 17.3 Å². The van der Waals surface area contributed by atoms with Gasteiger partial charge in [-0.3, -0.25) is 8.32 Å². The lowest BCUT2D eigenvalue weighted by molar-refractivity contribution is -0.225. The second kappa shape index (κ2) is 5.06. The van der Waals surface area contributed by atoms with E-state index in [1.165, 1.54) is 6.42 Å². The van der Waals surface area contributed by atoms with Gasteiger partial charge in [0.25, 0.3) is 0 Å². The molecule has 4 saturated carbocycles. The van der Waals surface area contributed by atoms with Gasteiger partial charge in [0.05, 0.1) is 11.0 Å². The Kier molecular flexibility index (Phi) is 3.86. The Morgan fingerprint density at radius 2 is 1.90 bits per heavy atom. The van der Waals surface area contributed by atoms with E-state index in [0.29, 0.717) is 18.3 Å². The third-order valence-electron chi connectivity index (χ3n) is 6.06. The molecule has 2 N–H and O–H groups in total. The first-order valence-electron chi connectivity index (χ1n) is 8.00. The maximum atomic E-state index is 12.7. The van der Waals surface area contributed by atoms with E-state index in [0.717, 1.165) is 25.7 Å². The number of aliphatic hydroxyl groups is 1. The number of rotatable bonds is 4. The van der Waals surface area contributed by atoms with Gasteiger partial charge in [0.1, 0.15) is 5.60 Å². The van der Waals surface area contributed by atoms with Gasteiger partial charge in [-0.15, -0.1) is 0 Å². The molecule has 0 radical (unpaired) electrons. The van der Waals surface area contributed by atoms with Crippen molar-refractivity contribution in [3.63, 3.8) is 0 Å². The molecule has 0 heterocycles. The first kappa shape index (κ1) is 16.0. The number of ether oxygens (including phenoxy) is 1. The minimum atomic E-state index is -0.582. The SMILES string of the molecule is CC(NI)C(C)(C)C(=O)OC12CC3CC(CC(O)(C3)C1)C2. The lowest BCUT2D eigenvalue weighted by Gasteiger charge is -2.59. The molecule has 4 aliphatic rings. The molecule has 4 rings (SSSR count). The number of hydrogen-bond donors (Lipinski definition) is 2. The first-order chi connectivity index (χ1) is 9.68. The number of halogens is 1. The highest BCUT2D eigenvalue weighted by atomic mass is 127. The van der Waals surface area contributed by atoms with Crippen molar-refractivity contribution in [3.8, 4) is 0 Å². The number of esters is 1. The van der Waals surface area contributed by atoms with Crippen LogP contribution in [0.15, 0.2) is 0 Å². The Hall–Kier alpha value is 0.120. The van der Waals surface area contributed by atoms with Crippen molar-refractivity contribution in [2.24, 2.45) is 17.3 Å². The molecule has 120 valence electrons. The lowest BCUT2D eigenvalue weighted by Crippen LogP contribution is -2.61. The second-order valence-electron chi connectivity index (χ2n) is 8.31. The second-order valence-corrected chi connectivity index (χ2v) is 8.93. The van der Waals surface area contributed by atoms with Crippen LogP contribution in [0.4, 0.5) is 0 Å². The summed E-state index contributed by atoms with van der Waals surface area (Å²) in [6.07, 6.45) is 5.53. The van der Waals surface area contributed by atoms with Crippen molar-refractivity contribution in [1.29, 1.82) is 0 Å². The van der Waals surface area contributed by atoms with E-state index in [1.54, 1.807) is 0 Å². The third-order valence-corrected chi connectivity index (χ3v) is 6.99. The van der Waals surface area contributed by atoms with Gasteiger partial charge < -0.3 is 9.84 Å². The van der Waals surface area contributed by atoms with Crippen molar-refractivity contribution in [2.45, 2.75) is 76.5 Å². The zero-order valence-electron chi connectivity index (χ0n) is 13.1. The summed E-state index contributed by atoms with van der Waals surface area (Å²) in [6, 6.07) is 0.0441. The van der Waals surface area contributed by atoms with Gasteiger partial charge >= 0.3 is 5.97 Å². The van der Waals surface area contributed by atoms with Crippen LogP contribution in [0.5, 0.6) is 0 Å². The van der Waals surface area contributed by atoms with Crippen LogP contribution in [0.2, 0.25) is 0 Å². The molecule has 0 saturated heterocycles. The van der Waals surface area contributed by atoms with Crippen LogP contribution in [0.1, 0.15) is 59.3 Å². The highest BCUT2D eigenvalue weighted by Gasteiger charge is 2.59. The summed E-state index contributed by atoms with van der Waals surface area (Å²) in [5.41, 5.74) is -1.55. The maximum absolute atomic E-state index is 12.7. The molecule has 0 aromatic heterocycles. The molecule has 0 aromatic carbocycles. The number of carbonyl (C=O) groups is 1. The molecule has 0 spiro atoms.